The lowest BCUT2D eigenvalue weighted by atomic mass is 9.94. The average molecular weight is 414 g/mol. The van der Waals surface area contributed by atoms with Gasteiger partial charge in [-0.25, -0.2) is 0 Å². The molecule has 6 nitrogen and oxygen atoms in total. The van der Waals surface area contributed by atoms with E-state index in [9.17, 15) is 9.59 Å². The zero-order valence-electron chi connectivity index (χ0n) is 17.6. The van der Waals surface area contributed by atoms with E-state index in [1.165, 1.54) is 0 Å². The van der Waals surface area contributed by atoms with Crippen molar-refractivity contribution in [3.63, 3.8) is 0 Å². The van der Waals surface area contributed by atoms with Crippen molar-refractivity contribution in [1.82, 2.24) is 5.32 Å². The second-order valence-electron chi connectivity index (χ2n) is 7.44. The van der Waals surface area contributed by atoms with Crippen LogP contribution in [0.2, 0.25) is 0 Å². The summed E-state index contributed by atoms with van der Waals surface area (Å²) < 4.78 is 5.09. The van der Waals surface area contributed by atoms with Crippen LogP contribution in [0.25, 0.3) is 11.1 Å². The van der Waals surface area contributed by atoms with E-state index < -0.39 is 6.29 Å². The van der Waals surface area contributed by atoms with Gasteiger partial charge < -0.3 is 20.3 Å². The predicted molar refractivity (Wildman–Crippen MR) is 115 cm³/mol. The van der Waals surface area contributed by atoms with Crippen molar-refractivity contribution in [1.29, 1.82) is 0 Å². The summed E-state index contributed by atoms with van der Waals surface area (Å²) in [4.78, 5) is 24.2. The quantitative estimate of drug-likeness (QED) is 0.389. The Labute approximate surface area is 177 Å². The molecule has 0 saturated heterocycles. The first-order chi connectivity index (χ1) is 14.4. The zero-order chi connectivity index (χ0) is 21.9. The monoisotopic (exact) mass is 413 g/mol. The molecule has 0 spiro atoms. The van der Waals surface area contributed by atoms with E-state index >= 15 is 0 Å². The van der Waals surface area contributed by atoms with Crippen LogP contribution in [0, 0.1) is 5.92 Å². The number of aliphatic hydroxyl groups excluding tert-OH is 1. The van der Waals surface area contributed by atoms with Gasteiger partial charge in [-0.1, -0.05) is 61.5 Å². The Kier molecular flexibility index (Phi) is 9.51. The molecule has 30 heavy (non-hydrogen) atoms. The molecule has 0 aliphatic heterocycles. The molecule has 1 amide bonds. The van der Waals surface area contributed by atoms with Gasteiger partial charge in [0.1, 0.15) is 0 Å². The predicted octanol–water partition coefficient (Wildman–Crippen LogP) is 3.06. The maximum absolute atomic E-state index is 12.2. The smallest absolute Gasteiger partial charge is 0.308 e. The molecule has 0 unspecified atom stereocenters. The Morgan fingerprint density at radius 1 is 1.00 bits per heavy atom. The van der Waals surface area contributed by atoms with Crippen molar-refractivity contribution in [2.24, 2.45) is 5.92 Å². The number of benzene rings is 2. The number of carbonyl (C=O) groups is 2. The Morgan fingerprint density at radius 3 is 2.23 bits per heavy atom. The summed E-state index contributed by atoms with van der Waals surface area (Å²) in [5.41, 5.74) is 3.28. The summed E-state index contributed by atoms with van der Waals surface area (Å²) in [7, 11) is 0. The second-order valence-corrected chi connectivity index (χ2v) is 7.44. The third kappa shape index (κ3) is 7.97. The summed E-state index contributed by atoms with van der Waals surface area (Å²) in [5.74, 6) is -0.922. The normalized spacial score (nSPS) is 13.0. The molecular formula is C24H31NO5. The molecule has 3 N–H and O–H groups in total. The van der Waals surface area contributed by atoms with E-state index in [2.05, 4.69) is 17.4 Å². The molecule has 6 heteroatoms. The molecule has 0 radical (unpaired) electrons. The first-order valence-electron chi connectivity index (χ1n) is 10.4. The summed E-state index contributed by atoms with van der Waals surface area (Å²) in [5, 5.41) is 20.9. The van der Waals surface area contributed by atoms with Crippen LogP contribution in [-0.4, -0.2) is 41.0 Å². The molecule has 0 aliphatic rings. The summed E-state index contributed by atoms with van der Waals surface area (Å²) in [6, 6.07) is 17.9. The van der Waals surface area contributed by atoms with Crippen molar-refractivity contribution in [3.05, 3.63) is 60.2 Å². The van der Waals surface area contributed by atoms with E-state index in [1.54, 1.807) is 13.8 Å². The van der Waals surface area contributed by atoms with Crippen molar-refractivity contribution in [3.8, 4) is 11.1 Å². The van der Waals surface area contributed by atoms with Crippen LogP contribution in [0.15, 0.2) is 54.6 Å². The largest absolute Gasteiger partial charge is 0.466 e. The van der Waals surface area contributed by atoms with Crippen molar-refractivity contribution < 1.29 is 24.5 Å². The van der Waals surface area contributed by atoms with Crippen LogP contribution in [0.4, 0.5) is 0 Å². The number of amides is 1. The van der Waals surface area contributed by atoms with Crippen molar-refractivity contribution in [2.75, 3.05) is 6.61 Å². The third-order valence-electron chi connectivity index (χ3n) is 4.86. The van der Waals surface area contributed by atoms with Gasteiger partial charge in [-0.05, 0) is 36.5 Å². The standard InChI is InChI=1S/C24H31NO5/c1-3-30-24(29)17(2)15-21(25-22(26)13-14-23(27)28)16-18-9-11-20(12-10-18)19-7-5-4-6-8-19/h4-12,17,21,23,27-28H,3,13-16H2,1-2H3,(H,25,26)/t17-,21+/m1/s1. The lowest BCUT2D eigenvalue weighted by Crippen LogP contribution is -2.39. The number of carbonyl (C=O) groups excluding carboxylic acids is 2. The Balaban J connectivity index is 2.07. The zero-order valence-corrected chi connectivity index (χ0v) is 17.6. The fourth-order valence-electron chi connectivity index (χ4n) is 3.31. The van der Waals surface area contributed by atoms with Gasteiger partial charge in [-0.3, -0.25) is 9.59 Å². The SMILES string of the molecule is CCOC(=O)[C@H](C)C[C@@H](Cc1ccc(-c2ccccc2)cc1)NC(=O)CCC(O)O. The second kappa shape index (κ2) is 12.1. The van der Waals surface area contributed by atoms with Gasteiger partial charge in [0, 0.05) is 18.9 Å². The van der Waals surface area contributed by atoms with Gasteiger partial charge in [0.25, 0.3) is 0 Å². The van der Waals surface area contributed by atoms with Gasteiger partial charge in [0.2, 0.25) is 5.91 Å². The maximum Gasteiger partial charge on any atom is 0.308 e. The van der Waals surface area contributed by atoms with Crippen LogP contribution < -0.4 is 5.32 Å². The number of hydrogen-bond donors (Lipinski definition) is 3. The number of aliphatic hydroxyl groups is 2. The van der Waals surface area contributed by atoms with Gasteiger partial charge in [-0.2, -0.15) is 0 Å². The minimum Gasteiger partial charge on any atom is -0.466 e. The molecule has 0 heterocycles. The molecule has 162 valence electrons. The van der Waals surface area contributed by atoms with Crippen LogP contribution in [-0.2, 0) is 20.7 Å². The first-order valence-corrected chi connectivity index (χ1v) is 10.4. The highest BCUT2D eigenvalue weighted by atomic mass is 16.5. The molecule has 0 aliphatic carbocycles. The molecule has 0 bridgehead atoms. The first kappa shape index (κ1) is 23.6. The number of ether oxygens (including phenoxy) is 1. The van der Waals surface area contributed by atoms with Crippen molar-refractivity contribution >= 4 is 11.9 Å². The molecule has 2 atom stereocenters. The Bertz CT molecular complexity index is 789. The molecule has 0 aromatic heterocycles. The highest BCUT2D eigenvalue weighted by molar-refractivity contribution is 5.76. The van der Waals surface area contributed by atoms with Gasteiger partial charge >= 0.3 is 5.97 Å². The van der Waals surface area contributed by atoms with E-state index in [1.807, 2.05) is 42.5 Å². The molecular weight excluding hydrogens is 382 g/mol. The van der Waals surface area contributed by atoms with Gasteiger partial charge in [0.15, 0.2) is 6.29 Å². The number of rotatable bonds is 11. The lowest BCUT2D eigenvalue weighted by molar-refractivity contribution is -0.148. The molecule has 2 rings (SSSR count). The van der Waals surface area contributed by atoms with Gasteiger partial charge in [-0.15, -0.1) is 0 Å². The van der Waals surface area contributed by atoms with Crippen LogP contribution in [0.5, 0.6) is 0 Å². The van der Waals surface area contributed by atoms with Crippen LogP contribution in [0.3, 0.4) is 0 Å². The van der Waals surface area contributed by atoms with E-state index in [0.717, 1.165) is 16.7 Å². The highest BCUT2D eigenvalue weighted by Crippen LogP contribution is 2.21. The van der Waals surface area contributed by atoms with Crippen molar-refractivity contribution in [2.45, 2.75) is 51.9 Å². The van der Waals surface area contributed by atoms with E-state index in [4.69, 9.17) is 14.9 Å². The van der Waals surface area contributed by atoms with Crippen LogP contribution in [0.1, 0.15) is 38.7 Å². The molecule has 0 fully saturated rings. The Morgan fingerprint density at radius 2 is 1.63 bits per heavy atom. The summed E-state index contributed by atoms with van der Waals surface area (Å²) in [6.45, 7) is 3.86. The fraction of sp³-hybridized carbons (Fsp3) is 0.417. The number of esters is 1. The van der Waals surface area contributed by atoms with E-state index in [-0.39, 0.29) is 36.7 Å². The minimum atomic E-state index is -1.52. The average Bonchev–Trinajstić information content (AvgIpc) is 2.73. The third-order valence-corrected chi connectivity index (χ3v) is 4.86. The minimum absolute atomic E-state index is 0.00883. The topological polar surface area (TPSA) is 95.9 Å². The summed E-state index contributed by atoms with van der Waals surface area (Å²) >= 11 is 0. The number of nitrogens with one attached hydrogen (secondary N) is 1. The van der Waals surface area contributed by atoms with E-state index in [0.29, 0.717) is 19.4 Å². The highest BCUT2D eigenvalue weighted by Gasteiger charge is 2.22. The molecule has 0 saturated carbocycles. The fourth-order valence-corrected chi connectivity index (χ4v) is 3.31. The molecule has 2 aromatic rings. The van der Waals surface area contributed by atoms with Gasteiger partial charge in [0.05, 0.1) is 12.5 Å². The lowest BCUT2D eigenvalue weighted by Gasteiger charge is -2.22. The number of hydrogen-bond acceptors (Lipinski definition) is 5. The maximum atomic E-state index is 12.2. The molecule has 2 aromatic carbocycles. The summed E-state index contributed by atoms with van der Waals surface area (Å²) in [6.07, 6.45) is -0.538. The van der Waals surface area contributed by atoms with Crippen LogP contribution >= 0.6 is 0 Å². The Hall–Kier alpha value is -2.70.